The molecule has 0 spiro atoms. The number of nitrogens with one attached hydrogen (secondary N) is 1. The molecule has 1 unspecified atom stereocenters. The zero-order valence-electron chi connectivity index (χ0n) is 21.9. The van der Waals surface area contributed by atoms with E-state index in [4.69, 9.17) is 4.52 Å². The monoisotopic (exact) mass is 501 g/mol. The van der Waals surface area contributed by atoms with Gasteiger partial charge >= 0.3 is 0 Å². The average molecular weight is 502 g/mol. The largest absolute Gasteiger partial charge is 0.338 e. The minimum absolute atomic E-state index is 0.0138. The second-order valence-electron chi connectivity index (χ2n) is 11.1. The minimum Gasteiger partial charge on any atom is -0.338 e. The van der Waals surface area contributed by atoms with E-state index in [0.717, 1.165) is 49.3 Å². The summed E-state index contributed by atoms with van der Waals surface area (Å²) in [6.07, 6.45) is 3.28. The molecule has 2 fully saturated rings. The van der Waals surface area contributed by atoms with Crippen molar-refractivity contribution in [3.63, 3.8) is 0 Å². The van der Waals surface area contributed by atoms with Gasteiger partial charge in [0.15, 0.2) is 0 Å². The van der Waals surface area contributed by atoms with Crippen molar-refractivity contribution in [1.29, 1.82) is 0 Å². The van der Waals surface area contributed by atoms with Crippen LogP contribution in [0.15, 0.2) is 53.1 Å². The van der Waals surface area contributed by atoms with E-state index in [9.17, 15) is 9.59 Å². The Labute approximate surface area is 218 Å². The number of hydrogen-bond donors (Lipinski definition) is 1. The summed E-state index contributed by atoms with van der Waals surface area (Å²) in [7, 11) is 0. The Balaban J connectivity index is 1.16. The molecule has 2 aliphatic heterocycles. The number of aromatic nitrogens is 2. The van der Waals surface area contributed by atoms with Crippen LogP contribution in [0.1, 0.15) is 57.9 Å². The van der Waals surface area contributed by atoms with Gasteiger partial charge in [0.05, 0.1) is 12.5 Å². The molecule has 2 amide bonds. The van der Waals surface area contributed by atoms with Gasteiger partial charge in [0.25, 0.3) is 0 Å². The lowest BCUT2D eigenvalue weighted by Gasteiger charge is -2.30. The number of likely N-dealkylation sites (tertiary alicyclic amines) is 1. The van der Waals surface area contributed by atoms with E-state index in [2.05, 4.69) is 53.3 Å². The average Bonchev–Trinajstić information content (AvgIpc) is 3.53. The number of nitrogens with zero attached hydrogens (tertiary/aromatic N) is 4. The van der Waals surface area contributed by atoms with E-state index in [1.54, 1.807) is 4.90 Å². The Morgan fingerprint density at radius 3 is 2.49 bits per heavy atom. The molecule has 2 aliphatic rings. The lowest BCUT2D eigenvalue weighted by Crippen LogP contribution is -2.40. The molecule has 1 N–H and O–H groups in total. The van der Waals surface area contributed by atoms with Crippen LogP contribution < -0.4 is 10.2 Å². The van der Waals surface area contributed by atoms with E-state index >= 15 is 0 Å². The number of piperidine rings is 1. The summed E-state index contributed by atoms with van der Waals surface area (Å²) in [6, 6.07) is 15.8. The first-order valence-corrected chi connectivity index (χ1v) is 13.1. The van der Waals surface area contributed by atoms with Crippen LogP contribution in [0, 0.1) is 5.92 Å². The van der Waals surface area contributed by atoms with Gasteiger partial charge in [-0.05, 0) is 61.1 Å². The van der Waals surface area contributed by atoms with Gasteiger partial charge in [-0.3, -0.25) is 14.5 Å². The van der Waals surface area contributed by atoms with Gasteiger partial charge < -0.3 is 14.7 Å². The van der Waals surface area contributed by atoms with E-state index in [0.29, 0.717) is 31.2 Å². The predicted molar refractivity (Wildman–Crippen MR) is 143 cm³/mol. The first kappa shape index (κ1) is 25.1. The predicted octanol–water partition coefficient (Wildman–Crippen LogP) is 5.01. The number of carbonyl (C=O) groups excluding carboxylic acids is 2. The first-order valence-electron chi connectivity index (χ1n) is 13.1. The number of hydrogen-bond acceptors (Lipinski definition) is 6. The maximum atomic E-state index is 13.0. The number of anilines is 2. The van der Waals surface area contributed by atoms with Crippen LogP contribution in [0.2, 0.25) is 0 Å². The summed E-state index contributed by atoms with van der Waals surface area (Å²) < 4.78 is 5.54. The molecule has 194 valence electrons. The molecule has 2 saturated heterocycles. The molecule has 3 aromatic rings. The van der Waals surface area contributed by atoms with Crippen molar-refractivity contribution in [2.75, 3.05) is 29.9 Å². The fraction of sp³-hybridized carbons (Fsp3) is 0.448. The van der Waals surface area contributed by atoms with Crippen LogP contribution >= 0.6 is 0 Å². The SMILES string of the molecule is CC(C)(C)c1ccc(-c2noc(CN3CCCC(C(=O)Nc4ccc(N5CCCC5=O)cc4)C3)n2)cc1. The molecule has 37 heavy (non-hydrogen) atoms. The highest BCUT2D eigenvalue weighted by Crippen LogP contribution is 2.27. The van der Waals surface area contributed by atoms with Gasteiger partial charge in [0, 0.05) is 36.4 Å². The third kappa shape index (κ3) is 5.91. The lowest BCUT2D eigenvalue weighted by atomic mass is 9.87. The van der Waals surface area contributed by atoms with Crippen molar-refractivity contribution >= 4 is 23.2 Å². The van der Waals surface area contributed by atoms with Gasteiger partial charge in [-0.15, -0.1) is 0 Å². The molecule has 5 rings (SSSR count). The van der Waals surface area contributed by atoms with E-state index in [-0.39, 0.29) is 23.1 Å². The molecular formula is C29H35N5O3. The summed E-state index contributed by atoms with van der Waals surface area (Å²) in [5.41, 5.74) is 3.91. The van der Waals surface area contributed by atoms with Crippen LogP contribution in [0.3, 0.4) is 0 Å². The molecule has 0 saturated carbocycles. The van der Waals surface area contributed by atoms with Gasteiger partial charge in [0.1, 0.15) is 0 Å². The number of carbonyl (C=O) groups is 2. The van der Waals surface area contributed by atoms with Crippen molar-refractivity contribution < 1.29 is 14.1 Å². The summed E-state index contributed by atoms with van der Waals surface area (Å²) >= 11 is 0. The summed E-state index contributed by atoms with van der Waals surface area (Å²) in [5.74, 6) is 1.20. The highest BCUT2D eigenvalue weighted by molar-refractivity contribution is 5.96. The van der Waals surface area contributed by atoms with Crippen molar-refractivity contribution in [3.8, 4) is 11.4 Å². The van der Waals surface area contributed by atoms with Gasteiger partial charge in [0.2, 0.25) is 23.5 Å². The molecule has 1 atom stereocenters. The Hall–Kier alpha value is -3.52. The van der Waals surface area contributed by atoms with Crippen molar-refractivity contribution in [2.24, 2.45) is 5.92 Å². The third-order valence-electron chi connectivity index (χ3n) is 7.23. The van der Waals surface area contributed by atoms with Crippen LogP contribution in [0.25, 0.3) is 11.4 Å². The lowest BCUT2D eigenvalue weighted by molar-refractivity contribution is -0.121. The maximum absolute atomic E-state index is 13.0. The smallest absolute Gasteiger partial charge is 0.241 e. The molecule has 8 heteroatoms. The molecule has 0 radical (unpaired) electrons. The van der Waals surface area contributed by atoms with Crippen molar-refractivity contribution in [2.45, 2.75) is 58.4 Å². The maximum Gasteiger partial charge on any atom is 0.241 e. The second kappa shape index (κ2) is 10.5. The van der Waals surface area contributed by atoms with E-state index in [1.165, 1.54) is 5.56 Å². The standard InChI is InChI=1S/C29H35N5O3/c1-29(2,3)22-10-8-20(9-11-22)27-31-25(37-32-27)19-33-16-4-6-21(18-33)28(36)30-23-12-14-24(15-13-23)34-17-5-7-26(34)35/h8-15,21H,4-7,16-19H2,1-3H3,(H,30,36). The Kier molecular flexibility index (Phi) is 7.11. The molecule has 8 nitrogen and oxygen atoms in total. The minimum atomic E-state index is -0.110. The molecular weight excluding hydrogens is 466 g/mol. The highest BCUT2D eigenvalue weighted by Gasteiger charge is 2.27. The molecule has 3 heterocycles. The Morgan fingerprint density at radius 2 is 1.81 bits per heavy atom. The molecule has 0 bridgehead atoms. The van der Waals surface area contributed by atoms with Crippen LogP contribution in [-0.2, 0) is 21.5 Å². The van der Waals surface area contributed by atoms with Gasteiger partial charge in [-0.2, -0.15) is 4.98 Å². The summed E-state index contributed by atoms with van der Waals surface area (Å²) in [6.45, 7) is 9.38. The third-order valence-corrected chi connectivity index (χ3v) is 7.23. The molecule has 1 aromatic heterocycles. The van der Waals surface area contributed by atoms with Crippen LogP contribution in [0.4, 0.5) is 11.4 Å². The van der Waals surface area contributed by atoms with Gasteiger partial charge in [-0.1, -0.05) is 50.2 Å². The molecule has 0 aliphatic carbocycles. The quantitative estimate of drug-likeness (QED) is 0.510. The zero-order chi connectivity index (χ0) is 26.0. The fourth-order valence-electron chi connectivity index (χ4n) is 5.05. The Bertz CT molecular complexity index is 1240. The first-order chi connectivity index (χ1) is 17.8. The fourth-order valence-corrected chi connectivity index (χ4v) is 5.05. The summed E-state index contributed by atoms with van der Waals surface area (Å²) in [5, 5.41) is 7.22. The number of rotatable bonds is 6. The highest BCUT2D eigenvalue weighted by atomic mass is 16.5. The summed E-state index contributed by atoms with van der Waals surface area (Å²) in [4.78, 5) is 33.6. The van der Waals surface area contributed by atoms with E-state index < -0.39 is 0 Å². The molecule has 2 aromatic carbocycles. The van der Waals surface area contributed by atoms with Crippen LogP contribution in [-0.4, -0.2) is 46.5 Å². The van der Waals surface area contributed by atoms with E-state index in [1.807, 2.05) is 36.4 Å². The second-order valence-corrected chi connectivity index (χ2v) is 11.1. The van der Waals surface area contributed by atoms with Gasteiger partial charge in [-0.25, -0.2) is 0 Å². The van der Waals surface area contributed by atoms with Crippen molar-refractivity contribution in [1.82, 2.24) is 15.0 Å². The van der Waals surface area contributed by atoms with Crippen molar-refractivity contribution in [3.05, 3.63) is 60.0 Å². The number of benzene rings is 2. The normalized spacial score (nSPS) is 18.8. The van der Waals surface area contributed by atoms with Crippen LogP contribution in [0.5, 0.6) is 0 Å². The Morgan fingerprint density at radius 1 is 1.05 bits per heavy atom. The number of amides is 2. The topological polar surface area (TPSA) is 91.6 Å². The zero-order valence-corrected chi connectivity index (χ0v) is 21.9.